The molecule has 0 nitrogen and oxygen atoms in total. The molecule has 0 N–H and O–H groups in total. The van der Waals surface area contributed by atoms with Crippen LogP contribution in [0.4, 0.5) is 0 Å². The first-order chi connectivity index (χ1) is 6.84. The van der Waals surface area contributed by atoms with Crippen molar-refractivity contribution in [3.8, 4) is 11.1 Å². The Hall–Kier alpha value is -1.34. The molecule has 0 unspecified atom stereocenters. The molecule has 3 rings (SSSR count). The van der Waals surface area contributed by atoms with Crippen molar-refractivity contribution < 1.29 is 0 Å². The predicted octanol–water partition coefficient (Wildman–Crippen LogP) is 2.05. The SMILES string of the molecule is [Si]c1ccc2c(c1)-c1ccccc1C2. The van der Waals surface area contributed by atoms with Crippen molar-refractivity contribution in [3.05, 3.63) is 53.6 Å². The molecular formula is C13H9Si. The standard InChI is InChI=1S/C13H9Si/c14-11-6-5-10-7-9-3-1-2-4-12(9)13(10)8-11/h1-6,8H,7H2. The van der Waals surface area contributed by atoms with Crippen LogP contribution in [0.3, 0.4) is 0 Å². The van der Waals surface area contributed by atoms with Gasteiger partial charge in [-0.15, -0.1) is 0 Å². The number of rotatable bonds is 0. The maximum atomic E-state index is 3.57. The number of fused-ring (bicyclic) bond motifs is 3. The average molecular weight is 193 g/mol. The van der Waals surface area contributed by atoms with Gasteiger partial charge in [-0.3, -0.25) is 0 Å². The highest BCUT2D eigenvalue weighted by atomic mass is 28.1. The summed E-state index contributed by atoms with van der Waals surface area (Å²) < 4.78 is 0. The predicted molar refractivity (Wildman–Crippen MR) is 60.1 cm³/mol. The summed E-state index contributed by atoms with van der Waals surface area (Å²) in [6, 6.07) is 15.2. The average Bonchev–Trinajstić information content (AvgIpc) is 2.56. The van der Waals surface area contributed by atoms with Crippen LogP contribution < -0.4 is 5.19 Å². The summed E-state index contributed by atoms with van der Waals surface area (Å²) in [6.07, 6.45) is 1.08. The summed E-state index contributed by atoms with van der Waals surface area (Å²) >= 11 is 0. The largest absolute Gasteiger partial charge is 0.0712 e. The first kappa shape index (κ1) is 8.01. The van der Waals surface area contributed by atoms with Crippen molar-refractivity contribution in [2.75, 3.05) is 0 Å². The Morgan fingerprint density at radius 2 is 1.64 bits per heavy atom. The first-order valence-corrected chi connectivity index (χ1v) is 5.27. The third-order valence-electron chi connectivity index (χ3n) is 2.80. The summed E-state index contributed by atoms with van der Waals surface area (Å²) in [5.74, 6) is 0. The van der Waals surface area contributed by atoms with E-state index in [0.29, 0.717) is 0 Å². The second-order valence-corrected chi connectivity index (χ2v) is 4.28. The molecule has 1 aliphatic carbocycles. The minimum atomic E-state index is 1.08. The smallest absolute Gasteiger partial charge is 0.0667 e. The van der Waals surface area contributed by atoms with E-state index in [2.05, 4.69) is 52.7 Å². The summed E-state index contributed by atoms with van der Waals surface area (Å²) in [6.45, 7) is 0. The lowest BCUT2D eigenvalue weighted by molar-refractivity contribution is 1.26. The van der Waals surface area contributed by atoms with Gasteiger partial charge in [-0.2, -0.15) is 0 Å². The Kier molecular flexibility index (Phi) is 1.61. The Balaban J connectivity index is 2.30. The Labute approximate surface area is 87.0 Å². The zero-order chi connectivity index (χ0) is 9.54. The molecule has 2 aromatic carbocycles. The third-order valence-corrected chi connectivity index (χ3v) is 3.11. The van der Waals surface area contributed by atoms with Gasteiger partial charge >= 0.3 is 0 Å². The molecule has 0 spiro atoms. The molecule has 0 atom stereocenters. The van der Waals surface area contributed by atoms with Crippen LogP contribution in [0.15, 0.2) is 42.5 Å². The highest BCUT2D eigenvalue weighted by Crippen LogP contribution is 2.35. The molecule has 0 aromatic heterocycles. The van der Waals surface area contributed by atoms with E-state index >= 15 is 0 Å². The van der Waals surface area contributed by atoms with Crippen LogP contribution in [-0.4, -0.2) is 10.2 Å². The Morgan fingerprint density at radius 1 is 0.857 bits per heavy atom. The maximum Gasteiger partial charge on any atom is 0.0712 e. The quantitative estimate of drug-likeness (QED) is 0.479. The molecule has 2 aromatic rings. The Bertz CT molecular complexity index is 500. The van der Waals surface area contributed by atoms with Crippen molar-refractivity contribution in [1.82, 2.24) is 0 Å². The van der Waals surface area contributed by atoms with Crippen molar-refractivity contribution in [2.45, 2.75) is 6.42 Å². The molecule has 0 fully saturated rings. The van der Waals surface area contributed by atoms with Crippen LogP contribution in [-0.2, 0) is 6.42 Å². The third kappa shape index (κ3) is 1.06. The van der Waals surface area contributed by atoms with E-state index in [1.165, 1.54) is 22.3 Å². The van der Waals surface area contributed by atoms with Gasteiger partial charge in [-0.1, -0.05) is 47.7 Å². The highest BCUT2D eigenvalue weighted by molar-refractivity contribution is 6.32. The molecule has 3 radical (unpaired) electrons. The molecule has 14 heavy (non-hydrogen) atoms. The zero-order valence-corrected chi connectivity index (χ0v) is 8.75. The van der Waals surface area contributed by atoms with E-state index in [1.54, 1.807) is 0 Å². The molecular weight excluding hydrogens is 184 g/mol. The van der Waals surface area contributed by atoms with E-state index in [1.807, 2.05) is 0 Å². The second kappa shape index (κ2) is 2.82. The summed E-state index contributed by atoms with van der Waals surface area (Å²) in [4.78, 5) is 0. The molecule has 1 aliphatic rings. The molecule has 0 bridgehead atoms. The van der Waals surface area contributed by atoms with E-state index in [0.717, 1.165) is 11.6 Å². The lowest BCUT2D eigenvalue weighted by atomic mass is 10.1. The van der Waals surface area contributed by atoms with E-state index in [4.69, 9.17) is 0 Å². The van der Waals surface area contributed by atoms with Crippen LogP contribution in [0, 0.1) is 0 Å². The van der Waals surface area contributed by atoms with E-state index in [-0.39, 0.29) is 0 Å². The van der Waals surface area contributed by atoms with Crippen LogP contribution >= 0.6 is 0 Å². The number of benzene rings is 2. The van der Waals surface area contributed by atoms with E-state index in [9.17, 15) is 0 Å². The van der Waals surface area contributed by atoms with Gasteiger partial charge in [0.2, 0.25) is 0 Å². The lowest BCUT2D eigenvalue weighted by Crippen LogP contribution is -2.01. The van der Waals surface area contributed by atoms with Gasteiger partial charge in [0.1, 0.15) is 0 Å². The fourth-order valence-corrected chi connectivity index (χ4v) is 2.35. The molecule has 1 heteroatoms. The van der Waals surface area contributed by atoms with Gasteiger partial charge in [-0.25, -0.2) is 0 Å². The Morgan fingerprint density at radius 3 is 2.57 bits per heavy atom. The summed E-state index contributed by atoms with van der Waals surface area (Å²) in [5.41, 5.74) is 5.66. The van der Waals surface area contributed by atoms with Gasteiger partial charge in [0, 0.05) is 0 Å². The highest BCUT2D eigenvalue weighted by Gasteiger charge is 2.16. The summed E-state index contributed by atoms with van der Waals surface area (Å²) in [5, 5.41) is 1.15. The van der Waals surface area contributed by atoms with Gasteiger partial charge in [0.25, 0.3) is 0 Å². The van der Waals surface area contributed by atoms with Crippen molar-refractivity contribution in [3.63, 3.8) is 0 Å². The van der Waals surface area contributed by atoms with Crippen LogP contribution in [0.1, 0.15) is 11.1 Å². The van der Waals surface area contributed by atoms with Gasteiger partial charge in [0.05, 0.1) is 10.2 Å². The van der Waals surface area contributed by atoms with Crippen LogP contribution in [0.2, 0.25) is 0 Å². The van der Waals surface area contributed by atoms with Crippen molar-refractivity contribution >= 4 is 15.4 Å². The topological polar surface area (TPSA) is 0 Å². The molecule has 0 amide bonds. The van der Waals surface area contributed by atoms with Crippen molar-refractivity contribution in [2.24, 2.45) is 0 Å². The van der Waals surface area contributed by atoms with Crippen LogP contribution in [0.5, 0.6) is 0 Å². The minimum absolute atomic E-state index is 1.08. The molecule has 65 valence electrons. The molecule has 0 heterocycles. The summed E-state index contributed by atoms with van der Waals surface area (Å²) in [7, 11) is 3.57. The van der Waals surface area contributed by atoms with Gasteiger partial charge < -0.3 is 0 Å². The van der Waals surface area contributed by atoms with Crippen LogP contribution in [0.25, 0.3) is 11.1 Å². The van der Waals surface area contributed by atoms with Gasteiger partial charge in [0.15, 0.2) is 0 Å². The maximum absolute atomic E-state index is 3.57. The second-order valence-electron chi connectivity index (χ2n) is 3.71. The molecule has 0 saturated heterocycles. The number of hydrogen-bond acceptors (Lipinski definition) is 0. The number of hydrogen-bond donors (Lipinski definition) is 0. The van der Waals surface area contributed by atoms with Gasteiger partial charge in [-0.05, 0) is 28.7 Å². The first-order valence-electron chi connectivity index (χ1n) is 4.77. The zero-order valence-electron chi connectivity index (χ0n) is 7.75. The normalized spacial score (nSPS) is 12.4. The minimum Gasteiger partial charge on any atom is -0.0667 e. The van der Waals surface area contributed by atoms with Crippen molar-refractivity contribution in [1.29, 1.82) is 0 Å². The monoisotopic (exact) mass is 193 g/mol. The molecule has 0 aliphatic heterocycles. The lowest BCUT2D eigenvalue weighted by Gasteiger charge is -2.01. The molecule has 0 saturated carbocycles. The fourth-order valence-electron chi connectivity index (χ4n) is 2.12. The van der Waals surface area contributed by atoms with E-state index < -0.39 is 0 Å². The fraction of sp³-hybridized carbons (Fsp3) is 0.0769.